The molecule has 184 valence electrons. The quantitative estimate of drug-likeness (QED) is 0.611. The van der Waals surface area contributed by atoms with E-state index >= 15 is 0 Å². The lowest BCUT2D eigenvalue weighted by molar-refractivity contribution is -0.152. The number of amides is 2. The molecule has 2 aromatic rings. The Labute approximate surface area is 205 Å². The van der Waals surface area contributed by atoms with E-state index in [-0.39, 0.29) is 37.4 Å². The van der Waals surface area contributed by atoms with E-state index < -0.39 is 17.5 Å². The summed E-state index contributed by atoms with van der Waals surface area (Å²) >= 11 is 0. The summed E-state index contributed by atoms with van der Waals surface area (Å²) in [4.78, 5) is 39.2. The van der Waals surface area contributed by atoms with Crippen LogP contribution in [0.15, 0.2) is 48.5 Å². The number of hydrogen-bond acceptors (Lipinski definition) is 4. The zero-order valence-corrected chi connectivity index (χ0v) is 19.9. The molecule has 2 amide bonds. The molecule has 1 aliphatic heterocycles. The highest BCUT2D eigenvalue weighted by Gasteiger charge is 2.48. The Morgan fingerprint density at radius 2 is 1.63 bits per heavy atom. The first-order chi connectivity index (χ1) is 17.0. The lowest BCUT2D eigenvalue weighted by Gasteiger charge is -2.46. The Hall–Kier alpha value is -3.35. The van der Waals surface area contributed by atoms with Crippen LogP contribution in [0.25, 0.3) is 11.1 Å². The van der Waals surface area contributed by atoms with Gasteiger partial charge in [-0.15, -0.1) is 0 Å². The van der Waals surface area contributed by atoms with Crippen LogP contribution in [-0.2, 0) is 14.3 Å². The maximum Gasteiger partial charge on any atom is 0.407 e. The van der Waals surface area contributed by atoms with Crippen molar-refractivity contribution in [1.82, 2.24) is 10.2 Å². The molecule has 7 nitrogen and oxygen atoms in total. The second-order valence-corrected chi connectivity index (χ2v) is 10.1. The monoisotopic (exact) mass is 476 g/mol. The van der Waals surface area contributed by atoms with E-state index in [1.165, 1.54) is 11.1 Å². The molecule has 2 aliphatic carbocycles. The molecular formula is C28H32N2O5. The molecule has 0 unspecified atom stereocenters. The lowest BCUT2D eigenvalue weighted by Crippen LogP contribution is -2.57. The van der Waals surface area contributed by atoms with Crippen LogP contribution in [0.2, 0.25) is 0 Å². The summed E-state index contributed by atoms with van der Waals surface area (Å²) in [6.07, 6.45) is 4.32. The van der Waals surface area contributed by atoms with Crippen LogP contribution >= 0.6 is 0 Å². The molecule has 2 aromatic carbocycles. The SMILES string of the molecule is O=C(O)C[C@@H]1CCCCN1C(=O)C1(CNC(=O)OCC2c3ccccc3-c3ccccc32)CCC1. The van der Waals surface area contributed by atoms with Crippen molar-refractivity contribution in [2.75, 3.05) is 19.7 Å². The zero-order chi connectivity index (χ0) is 24.4. The fraction of sp³-hybridized carbons (Fsp3) is 0.464. The second kappa shape index (κ2) is 9.72. The van der Waals surface area contributed by atoms with Gasteiger partial charge in [0.1, 0.15) is 6.61 Å². The van der Waals surface area contributed by atoms with Crippen LogP contribution in [0.5, 0.6) is 0 Å². The number of likely N-dealkylation sites (tertiary alicyclic amines) is 1. The van der Waals surface area contributed by atoms with Gasteiger partial charge in [0, 0.05) is 25.0 Å². The van der Waals surface area contributed by atoms with E-state index in [1.54, 1.807) is 4.90 Å². The summed E-state index contributed by atoms with van der Waals surface area (Å²) in [7, 11) is 0. The van der Waals surface area contributed by atoms with Gasteiger partial charge in [-0.1, -0.05) is 55.0 Å². The maximum atomic E-state index is 13.5. The highest BCUT2D eigenvalue weighted by molar-refractivity contribution is 5.85. The van der Waals surface area contributed by atoms with E-state index in [0.29, 0.717) is 25.8 Å². The van der Waals surface area contributed by atoms with Crippen molar-refractivity contribution in [3.63, 3.8) is 0 Å². The Bertz CT molecular complexity index is 1080. The van der Waals surface area contributed by atoms with Gasteiger partial charge >= 0.3 is 12.1 Å². The number of carbonyl (C=O) groups excluding carboxylic acids is 2. The first-order valence-corrected chi connectivity index (χ1v) is 12.6. The number of nitrogens with one attached hydrogen (secondary N) is 1. The molecule has 0 aromatic heterocycles. The first kappa shape index (κ1) is 23.4. The third kappa shape index (κ3) is 4.51. The van der Waals surface area contributed by atoms with E-state index in [2.05, 4.69) is 29.6 Å². The molecule has 0 radical (unpaired) electrons. The second-order valence-electron chi connectivity index (χ2n) is 10.1. The van der Waals surface area contributed by atoms with E-state index in [1.807, 2.05) is 24.3 Å². The predicted molar refractivity (Wildman–Crippen MR) is 131 cm³/mol. The fourth-order valence-electron chi connectivity index (χ4n) is 5.95. The minimum Gasteiger partial charge on any atom is -0.481 e. The number of rotatable bonds is 7. The molecule has 1 saturated carbocycles. The van der Waals surface area contributed by atoms with Gasteiger partial charge in [-0.3, -0.25) is 9.59 Å². The minimum absolute atomic E-state index is 0.0161. The summed E-state index contributed by atoms with van der Waals surface area (Å²) in [5.74, 6) is -0.916. The third-order valence-electron chi connectivity index (χ3n) is 7.98. The van der Waals surface area contributed by atoms with E-state index in [9.17, 15) is 19.5 Å². The van der Waals surface area contributed by atoms with Gasteiger partial charge in [-0.05, 0) is 54.4 Å². The highest BCUT2D eigenvalue weighted by Crippen LogP contribution is 2.45. The molecule has 35 heavy (non-hydrogen) atoms. The predicted octanol–water partition coefficient (Wildman–Crippen LogP) is 4.55. The van der Waals surface area contributed by atoms with Gasteiger partial charge in [-0.2, -0.15) is 0 Å². The van der Waals surface area contributed by atoms with Crippen molar-refractivity contribution in [2.24, 2.45) is 5.41 Å². The average molecular weight is 477 g/mol. The Morgan fingerprint density at radius 3 is 2.23 bits per heavy atom. The summed E-state index contributed by atoms with van der Waals surface area (Å²) in [6.45, 7) is 1.04. The largest absolute Gasteiger partial charge is 0.481 e. The topological polar surface area (TPSA) is 95.9 Å². The summed E-state index contributed by atoms with van der Waals surface area (Å²) in [6, 6.07) is 16.1. The molecular weight excluding hydrogens is 444 g/mol. The lowest BCUT2D eigenvalue weighted by atomic mass is 9.67. The molecule has 2 N–H and O–H groups in total. The number of carboxylic acid groups (broad SMARTS) is 1. The number of nitrogens with zero attached hydrogens (tertiary/aromatic N) is 1. The molecule has 0 bridgehead atoms. The number of carboxylic acids is 1. The summed E-state index contributed by atoms with van der Waals surface area (Å²) in [5, 5.41) is 12.1. The van der Waals surface area contributed by atoms with Gasteiger partial charge in [0.15, 0.2) is 0 Å². The molecule has 7 heteroatoms. The van der Waals surface area contributed by atoms with Gasteiger partial charge in [-0.25, -0.2) is 4.79 Å². The maximum absolute atomic E-state index is 13.5. The van der Waals surface area contributed by atoms with Crippen LogP contribution in [0.1, 0.15) is 62.0 Å². The molecule has 1 atom stereocenters. The highest BCUT2D eigenvalue weighted by atomic mass is 16.5. The third-order valence-corrected chi connectivity index (χ3v) is 7.98. The van der Waals surface area contributed by atoms with Crippen LogP contribution in [0, 0.1) is 5.41 Å². The van der Waals surface area contributed by atoms with Gasteiger partial charge in [0.2, 0.25) is 5.91 Å². The molecule has 5 rings (SSSR count). The number of benzene rings is 2. The molecule has 2 fully saturated rings. The normalized spacial score (nSPS) is 20.3. The number of aliphatic carboxylic acids is 1. The van der Waals surface area contributed by atoms with Gasteiger partial charge in [0.25, 0.3) is 0 Å². The van der Waals surface area contributed by atoms with E-state index in [4.69, 9.17) is 4.74 Å². The number of piperidine rings is 1. The van der Waals surface area contributed by atoms with Crippen LogP contribution in [0.3, 0.4) is 0 Å². The zero-order valence-electron chi connectivity index (χ0n) is 19.9. The summed E-state index contributed by atoms with van der Waals surface area (Å²) in [5.41, 5.74) is 4.00. The van der Waals surface area contributed by atoms with Crippen molar-refractivity contribution in [2.45, 2.75) is 56.9 Å². The molecule has 3 aliphatic rings. The van der Waals surface area contributed by atoms with Crippen molar-refractivity contribution in [3.8, 4) is 11.1 Å². The van der Waals surface area contributed by atoms with Crippen molar-refractivity contribution in [1.29, 1.82) is 0 Å². The van der Waals surface area contributed by atoms with Crippen molar-refractivity contribution < 1.29 is 24.2 Å². The average Bonchev–Trinajstić information content (AvgIpc) is 3.15. The van der Waals surface area contributed by atoms with Crippen LogP contribution < -0.4 is 5.32 Å². The molecule has 1 saturated heterocycles. The smallest absolute Gasteiger partial charge is 0.407 e. The van der Waals surface area contributed by atoms with Gasteiger partial charge in [0.05, 0.1) is 11.8 Å². The molecule has 0 spiro atoms. The van der Waals surface area contributed by atoms with E-state index in [0.717, 1.165) is 30.4 Å². The fourth-order valence-corrected chi connectivity index (χ4v) is 5.95. The Balaban J connectivity index is 1.21. The number of fused-ring (bicyclic) bond motifs is 3. The van der Waals surface area contributed by atoms with Crippen LogP contribution in [-0.4, -0.2) is 53.7 Å². The molecule has 1 heterocycles. The first-order valence-electron chi connectivity index (χ1n) is 12.6. The van der Waals surface area contributed by atoms with Crippen LogP contribution in [0.4, 0.5) is 4.79 Å². The van der Waals surface area contributed by atoms with Gasteiger partial charge < -0.3 is 20.1 Å². The standard InChI is InChI=1S/C28H32N2O5/c31-25(32)16-19-8-5-6-15-30(19)26(33)28(13-7-14-28)18-29-27(34)35-17-24-22-11-3-1-9-20(22)21-10-2-4-12-23(21)24/h1-4,9-12,19,24H,5-8,13-18H2,(H,29,34)(H,31,32)/t19-/m0/s1. The summed E-state index contributed by atoms with van der Waals surface area (Å²) < 4.78 is 5.65. The number of carbonyl (C=O) groups is 3. The number of hydrogen-bond donors (Lipinski definition) is 2. The van der Waals surface area contributed by atoms with Crippen molar-refractivity contribution in [3.05, 3.63) is 59.7 Å². The minimum atomic E-state index is -0.880. The number of alkyl carbamates (subject to hydrolysis) is 1. The van der Waals surface area contributed by atoms with Crippen molar-refractivity contribution >= 4 is 18.0 Å². The Morgan fingerprint density at radius 1 is 0.971 bits per heavy atom. The Kier molecular flexibility index (Phi) is 6.50. The number of ether oxygens (including phenoxy) is 1.